The van der Waals surface area contributed by atoms with Gasteiger partial charge in [0.05, 0.1) is 6.26 Å². The van der Waals surface area contributed by atoms with Crippen molar-refractivity contribution in [1.82, 2.24) is 4.90 Å². The molecule has 0 aliphatic carbocycles. The van der Waals surface area contributed by atoms with E-state index in [9.17, 15) is 4.79 Å². The lowest BCUT2D eigenvalue weighted by atomic mass is 10.0. The van der Waals surface area contributed by atoms with Gasteiger partial charge < -0.3 is 9.32 Å². The van der Waals surface area contributed by atoms with E-state index in [0.29, 0.717) is 0 Å². The number of thioether (sulfide) groups is 1. The van der Waals surface area contributed by atoms with Crippen LogP contribution in [0.5, 0.6) is 0 Å². The first-order valence-corrected chi connectivity index (χ1v) is 9.39. The van der Waals surface area contributed by atoms with Gasteiger partial charge in [-0.1, -0.05) is 31.9 Å². The molecule has 122 valence electrons. The Morgan fingerprint density at radius 3 is 2.78 bits per heavy atom. The maximum Gasteiger partial charge on any atom is 0.255 e. The lowest BCUT2D eigenvalue weighted by molar-refractivity contribution is 0.0749. The average Bonchev–Trinajstić information content (AvgIpc) is 3.26. The Kier molecular flexibility index (Phi) is 5.44. The minimum absolute atomic E-state index is 0.00160. The number of benzene rings is 1. The van der Waals surface area contributed by atoms with Gasteiger partial charge in [0.2, 0.25) is 0 Å². The molecule has 2 aromatic rings. The van der Waals surface area contributed by atoms with Gasteiger partial charge in [0.15, 0.2) is 0 Å². The highest BCUT2D eigenvalue weighted by Crippen LogP contribution is 2.38. The number of aryl methyl sites for hydroxylation is 1. The van der Waals surface area contributed by atoms with Crippen LogP contribution >= 0.6 is 11.8 Å². The van der Waals surface area contributed by atoms with Crippen LogP contribution < -0.4 is 0 Å². The van der Waals surface area contributed by atoms with E-state index in [1.54, 1.807) is 18.0 Å². The molecule has 0 bridgehead atoms. The minimum Gasteiger partial charge on any atom is -0.466 e. The fourth-order valence-corrected chi connectivity index (χ4v) is 4.11. The van der Waals surface area contributed by atoms with E-state index < -0.39 is 0 Å². The predicted octanol–water partition coefficient (Wildman–Crippen LogP) is 4.90. The van der Waals surface area contributed by atoms with Crippen molar-refractivity contribution >= 4 is 17.7 Å². The van der Waals surface area contributed by atoms with Gasteiger partial charge >= 0.3 is 0 Å². The van der Waals surface area contributed by atoms with Gasteiger partial charge in [0.1, 0.15) is 11.1 Å². The highest BCUT2D eigenvalue weighted by Gasteiger charge is 2.32. The minimum atomic E-state index is 0.00160. The molecule has 1 aliphatic rings. The van der Waals surface area contributed by atoms with E-state index in [1.807, 2.05) is 29.2 Å². The van der Waals surface area contributed by atoms with Crippen molar-refractivity contribution in [3.8, 4) is 0 Å². The van der Waals surface area contributed by atoms with Crippen LogP contribution in [0, 0.1) is 0 Å². The van der Waals surface area contributed by atoms with Crippen molar-refractivity contribution in [1.29, 1.82) is 0 Å². The Bertz CT molecular complexity index is 621. The Morgan fingerprint density at radius 2 is 2.09 bits per heavy atom. The van der Waals surface area contributed by atoms with Crippen molar-refractivity contribution in [2.75, 3.05) is 12.3 Å². The zero-order chi connectivity index (χ0) is 16.1. The summed E-state index contributed by atoms with van der Waals surface area (Å²) < 4.78 is 5.49. The molecule has 1 atom stereocenters. The van der Waals surface area contributed by atoms with Crippen LogP contribution in [0.2, 0.25) is 0 Å². The molecule has 2 heterocycles. The average molecular weight is 329 g/mol. The number of furan rings is 1. The molecule has 1 aromatic carbocycles. The Labute approximate surface area is 142 Å². The summed E-state index contributed by atoms with van der Waals surface area (Å²) in [5, 5.41) is 0.00160. The lowest BCUT2D eigenvalue weighted by Crippen LogP contribution is -2.30. The SMILES string of the molecule is CCCCCc1ccc(C(=O)N2CCS[C@@H]2c2ccco2)cc1. The summed E-state index contributed by atoms with van der Waals surface area (Å²) in [5.74, 6) is 1.90. The largest absolute Gasteiger partial charge is 0.466 e. The van der Waals surface area contributed by atoms with E-state index in [4.69, 9.17) is 4.42 Å². The first-order chi connectivity index (χ1) is 11.3. The molecule has 3 nitrogen and oxygen atoms in total. The quantitative estimate of drug-likeness (QED) is 0.707. The molecule has 0 spiro atoms. The van der Waals surface area contributed by atoms with Gasteiger partial charge in [-0.2, -0.15) is 0 Å². The van der Waals surface area contributed by atoms with Crippen LogP contribution in [0.1, 0.15) is 53.2 Å². The molecule has 1 aliphatic heterocycles. The Balaban J connectivity index is 1.67. The molecule has 1 amide bonds. The molecule has 0 saturated carbocycles. The van der Waals surface area contributed by atoms with E-state index in [0.717, 1.165) is 30.0 Å². The smallest absolute Gasteiger partial charge is 0.255 e. The van der Waals surface area contributed by atoms with E-state index in [-0.39, 0.29) is 11.3 Å². The third kappa shape index (κ3) is 3.81. The summed E-state index contributed by atoms with van der Waals surface area (Å²) >= 11 is 1.76. The molecule has 1 saturated heterocycles. The van der Waals surface area contributed by atoms with E-state index in [1.165, 1.54) is 24.8 Å². The second-order valence-electron chi connectivity index (χ2n) is 5.89. The number of rotatable bonds is 6. The topological polar surface area (TPSA) is 33.5 Å². The summed E-state index contributed by atoms with van der Waals surface area (Å²) in [6, 6.07) is 11.9. The second kappa shape index (κ2) is 7.73. The van der Waals surface area contributed by atoms with Crippen molar-refractivity contribution in [2.24, 2.45) is 0 Å². The summed E-state index contributed by atoms with van der Waals surface area (Å²) in [4.78, 5) is 14.7. The third-order valence-corrected chi connectivity index (χ3v) is 5.43. The van der Waals surface area contributed by atoms with Crippen molar-refractivity contribution in [3.63, 3.8) is 0 Å². The highest BCUT2D eigenvalue weighted by molar-refractivity contribution is 7.99. The molecule has 23 heavy (non-hydrogen) atoms. The molecule has 0 radical (unpaired) electrons. The van der Waals surface area contributed by atoms with E-state index in [2.05, 4.69) is 19.1 Å². The van der Waals surface area contributed by atoms with Gasteiger partial charge in [-0.15, -0.1) is 11.8 Å². The molecule has 0 unspecified atom stereocenters. The first kappa shape index (κ1) is 16.2. The number of nitrogens with zero attached hydrogens (tertiary/aromatic N) is 1. The standard InChI is InChI=1S/C19H23NO2S/c1-2-3-4-6-15-8-10-16(11-9-15)18(21)20-12-14-23-19(20)17-7-5-13-22-17/h5,7-11,13,19H,2-4,6,12,14H2,1H3/t19-/m1/s1. The molecule has 1 aromatic heterocycles. The number of carbonyl (C=O) groups is 1. The van der Waals surface area contributed by atoms with Crippen molar-refractivity contribution in [3.05, 3.63) is 59.5 Å². The number of hydrogen-bond acceptors (Lipinski definition) is 3. The van der Waals surface area contributed by atoms with Crippen molar-refractivity contribution < 1.29 is 9.21 Å². The maximum atomic E-state index is 12.8. The maximum absolute atomic E-state index is 12.8. The fourth-order valence-electron chi connectivity index (χ4n) is 2.90. The Morgan fingerprint density at radius 1 is 1.26 bits per heavy atom. The van der Waals surface area contributed by atoms with Crippen LogP contribution in [-0.2, 0) is 6.42 Å². The normalized spacial score (nSPS) is 17.6. The number of amides is 1. The molecular weight excluding hydrogens is 306 g/mol. The number of hydrogen-bond donors (Lipinski definition) is 0. The summed E-state index contributed by atoms with van der Waals surface area (Å²) in [5.41, 5.74) is 2.08. The fraction of sp³-hybridized carbons (Fsp3) is 0.421. The van der Waals surface area contributed by atoms with Gasteiger partial charge in [-0.3, -0.25) is 4.79 Å². The zero-order valence-corrected chi connectivity index (χ0v) is 14.3. The predicted molar refractivity (Wildman–Crippen MR) is 94.6 cm³/mol. The molecular formula is C19H23NO2S. The molecule has 0 N–H and O–H groups in total. The monoisotopic (exact) mass is 329 g/mol. The van der Waals surface area contributed by atoms with Gasteiger partial charge in [-0.25, -0.2) is 0 Å². The Hall–Kier alpha value is -1.68. The lowest BCUT2D eigenvalue weighted by Gasteiger charge is -2.22. The van der Waals surface area contributed by atoms with Crippen LogP contribution in [0.15, 0.2) is 47.1 Å². The summed E-state index contributed by atoms with van der Waals surface area (Å²) in [6.07, 6.45) is 6.47. The molecule has 1 fully saturated rings. The van der Waals surface area contributed by atoms with Crippen LogP contribution in [-0.4, -0.2) is 23.1 Å². The number of unbranched alkanes of at least 4 members (excludes halogenated alkanes) is 2. The summed E-state index contributed by atoms with van der Waals surface area (Å²) in [7, 11) is 0. The highest BCUT2D eigenvalue weighted by atomic mass is 32.2. The molecule has 3 rings (SSSR count). The third-order valence-electron chi connectivity index (χ3n) is 4.21. The zero-order valence-electron chi connectivity index (χ0n) is 13.5. The summed E-state index contributed by atoms with van der Waals surface area (Å²) in [6.45, 7) is 2.98. The van der Waals surface area contributed by atoms with Gasteiger partial charge in [0, 0.05) is 17.9 Å². The number of carbonyl (C=O) groups excluding carboxylic acids is 1. The van der Waals surface area contributed by atoms with Gasteiger partial charge in [0.25, 0.3) is 5.91 Å². The first-order valence-electron chi connectivity index (χ1n) is 8.34. The van der Waals surface area contributed by atoms with Crippen LogP contribution in [0.3, 0.4) is 0 Å². The van der Waals surface area contributed by atoms with Crippen molar-refractivity contribution in [2.45, 2.75) is 38.0 Å². The van der Waals surface area contributed by atoms with Crippen LogP contribution in [0.25, 0.3) is 0 Å². The van der Waals surface area contributed by atoms with Gasteiger partial charge in [-0.05, 0) is 42.7 Å². The second-order valence-corrected chi connectivity index (χ2v) is 7.08. The van der Waals surface area contributed by atoms with Crippen LogP contribution in [0.4, 0.5) is 0 Å². The molecule has 4 heteroatoms. The van der Waals surface area contributed by atoms with E-state index >= 15 is 0 Å².